The number of carbonyl (C=O) groups excluding carboxylic acids is 2. The van der Waals surface area contributed by atoms with E-state index in [0.29, 0.717) is 56.1 Å². The maximum Gasteiger partial charge on any atom is 0.307 e. The summed E-state index contributed by atoms with van der Waals surface area (Å²) in [6.45, 7) is 1.54. The first kappa shape index (κ1) is 27.5. The fraction of sp³-hybridized carbons (Fsp3) is 0.500. The zero-order chi connectivity index (χ0) is 28.7. The van der Waals surface area contributed by atoms with Crippen molar-refractivity contribution < 1.29 is 24.2 Å². The van der Waals surface area contributed by atoms with E-state index in [1.807, 2.05) is 35.9 Å². The van der Waals surface area contributed by atoms with Crippen LogP contribution >= 0.6 is 11.6 Å². The summed E-state index contributed by atoms with van der Waals surface area (Å²) in [4.78, 5) is 51.6. The van der Waals surface area contributed by atoms with Crippen LogP contribution in [-0.2, 0) is 34.5 Å². The van der Waals surface area contributed by atoms with Gasteiger partial charge in [0.15, 0.2) is 5.65 Å². The lowest BCUT2D eigenvalue weighted by molar-refractivity contribution is -0.154. The Hall–Kier alpha value is -3.66. The Morgan fingerprint density at radius 1 is 1.07 bits per heavy atom. The molecular weight excluding hydrogens is 546 g/mol. The number of carboxylic acid groups (broad SMARTS) is 1. The summed E-state index contributed by atoms with van der Waals surface area (Å²) < 4.78 is 8.23. The molecule has 2 aliphatic heterocycles. The number of likely N-dealkylation sites (tertiary alicyclic amines) is 1. The number of aliphatic carboxylic acids is 1. The number of carboxylic acids is 1. The van der Waals surface area contributed by atoms with Crippen molar-refractivity contribution in [3.63, 3.8) is 0 Å². The highest BCUT2D eigenvalue weighted by Crippen LogP contribution is 2.43. The van der Waals surface area contributed by atoms with Crippen molar-refractivity contribution in [2.75, 3.05) is 19.6 Å². The van der Waals surface area contributed by atoms with E-state index in [1.54, 1.807) is 16.1 Å². The number of benzene rings is 1. The van der Waals surface area contributed by atoms with E-state index < -0.39 is 23.8 Å². The molecule has 2 fully saturated rings. The molecule has 0 spiro atoms. The molecule has 1 aromatic carbocycles. The molecule has 41 heavy (non-hydrogen) atoms. The highest BCUT2D eigenvalue weighted by molar-refractivity contribution is 6.31. The van der Waals surface area contributed by atoms with Gasteiger partial charge in [0.25, 0.3) is 0 Å². The molecule has 0 bridgehead atoms. The Morgan fingerprint density at radius 3 is 2.63 bits per heavy atom. The van der Waals surface area contributed by atoms with Gasteiger partial charge in [-0.05, 0) is 55.5 Å². The molecular formula is C30H34ClN5O5. The molecule has 10 nitrogen and oxygen atoms in total. The van der Waals surface area contributed by atoms with Crippen molar-refractivity contribution in [3.05, 3.63) is 52.4 Å². The number of amides is 2. The topological polar surface area (TPSA) is 118 Å². The summed E-state index contributed by atoms with van der Waals surface area (Å²) in [7, 11) is 1.89. The SMILES string of the molecule is Cn1cnc2ccc(COc3ccc(Cl)c4c3[C@@H](CN3CCCC3=O)N(C(=O)[C@@H]3CCCC[C@@H]3C(=O)O)CC4)nc21. The molecule has 3 aliphatic rings. The third kappa shape index (κ3) is 5.25. The van der Waals surface area contributed by atoms with Crippen LogP contribution in [0.25, 0.3) is 11.2 Å². The predicted molar refractivity (Wildman–Crippen MR) is 151 cm³/mol. The third-order valence-corrected chi connectivity index (χ3v) is 9.17. The first-order chi connectivity index (χ1) is 19.8. The van der Waals surface area contributed by atoms with E-state index in [9.17, 15) is 19.5 Å². The van der Waals surface area contributed by atoms with Crippen molar-refractivity contribution in [2.24, 2.45) is 18.9 Å². The second-order valence-corrected chi connectivity index (χ2v) is 11.7. The second kappa shape index (κ2) is 11.3. The monoisotopic (exact) mass is 579 g/mol. The molecule has 0 radical (unpaired) electrons. The molecule has 0 unspecified atom stereocenters. The molecule has 3 aromatic rings. The lowest BCUT2D eigenvalue weighted by Crippen LogP contribution is -2.50. The van der Waals surface area contributed by atoms with Gasteiger partial charge in [0.2, 0.25) is 11.8 Å². The smallest absolute Gasteiger partial charge is 0.307 e. The van der Waals surface area contributed by atoms with Crippen LogP contribution < -0.4 is 4.74 Å². The molecule has 1 aliphatic carbocycles. The maximum atomic E-state index is 14.1. The van der Waals surface area contributed by atoms with Crippen molar-refractivity contribution in [1.29, 1.82) is 0 Å². The van der Waals surface area contributed by atoms with Gasteiger partial charge in [-0.3, -0.25) is 14.4 Å². The Balaban J connectivity index is 1.35. The number of pyridine rings is 1. The summed E-state index contributed by atoms with van der Waals surface area (Å²) in [5, 5.41) is 10.5. The van der Waals surface area contributed by atoms with Gasteiger partial charge in [0.05, 0.1) is 29.9 Å². The van der Waals surface area contributed by atoms with E-state index in [4.69, 9.17) is 21.3 Å². The minimum atomic E-state index is -0.920. The minimum absolute atomic E-state index is 0.0591. The predicted octanol–water partition coefficient (Wildman–Crippen LogP) is 4.14. The number of hydrogen-bond acceptors (Lipinski definition) is 6. The average Bonchev–Trinajstić information content (AvgIpc) is 3.56. The molecule has 1 N–H and O–H groups in total. The lowest BCUT2D eigenvalue weighted by atomic mass is 9.77. The summed E-state index contributed by atoms with van der Waals surface area (Å²) in [6.07, 6.45) is 6.18. The Morgan fingerprint density at radius 2 is 1.88 bits per heavy atom. The fourth-order valence-corrected chi connectivity index (χ4v) is 6.94. The van der Waals surface area contributed by atoms with Crippen LogP contribution in [0.15, 0.2) is 30.6 Å². The number of fused-ring (bicyclic) bond motifs is 2. The number of ether oxygens (including phenoxy) is 1. The van der Waals surface area contributed by atoms with E-state index in [2.05, 4.69) is 4.98 Å². The largest absolute Gasteiger partial charge is 0.487 e. The third-order valence-electron chi connectivity index (χ3n) is 8.81. The molecule has 3 atom stereocenters. The molecule has 6 rings (SSSR count). The highest BCUT2D eigenvalue weighted by atomic mass is 35.5. The quantitative estimate of drug-likeness (QED) is 0.447. The summed E-state index contributed by atoms with van der Waals surface area (Å²) in [5.41, 5.74) is 3.98. The van der Waals surface area contributed by atoms with Crippen molar-refractivity contribution in [1.82, 2.24) is 24.3 Å². The first-order valence-corrected chi connectivity index (χ1v) is 14.7. The molecule has 216 valence electrons. The van der Waals surface area contributed by atoms with Crippen molar-refractivity contribution in [3.8, 4) is 5.75 Å². The summed E-state index contributed by atoms with van der Waals surface area (Å²) in [6, 6.07) is 6.92. The molecule has 2 aromatic heterocycles. The van der Waals surface area contributed by atoms with Gasteiger partial charge in [-0.2, -0.15) is 0 Å². The lowest BCUT2D eigenvalue weighted by Gasteiger charge is -2.43. The standard InChI is InChI=1S/C30H34ClN5O5/c1-34-17-32-23-10-8-18(33-28(23)34)16-41-25-11-9-22(31)21-12-14-36(24(27(21)25)15-35-13-4-7-26(35)37)29(38)19-5-2-3-6-20(19)30(39)40/h8-11,17,19-20,24H,2-7,12-16H2,1H3,(H,39,40)/t19-,20+,24-/m1/s1. The van der Waals surface area contributed by atoms with Gasteiger partial charge in [-0.15, -0.1) is 0 Å². The van der Waals surface area contributed by atoms with Gasteiger partial charge < -0.3 is 24.2 Å². The number of hydrogen-bond donors (Lipinski definition) is 1. The van der Waals surface area contributed by atoms with Crippen LogP contribution in [0, 0.1) is 11.8 Å². The molecule has 2 amide bonds. The number of rotatable bonds is 7. The van der Waals surface area contributed by atoms with Crippen molar-refractivity contribution >= 4 is 40.5 Å². The number of aromatic nitrogens is 3. The van der Waals surface area contributed by atoms with E-state index in [1.165, 1.54) is 0 Å². The van der Waals surface area contributed by atoms with Gasteiger partial charge >= 0.3 is 5.97 Å². The van der Waals surface area contributed by atoms with Crippen LogP contribution in [0.3, 0.4) is 0 Å². The number of imidazole rings is 1. The maximum absolute atomic E-state index is 14.1. The number of aryl methyl sites for hydroxylation is 1. The molecule has 1 saturated carbocycles. The fourth-order valence-electron chi connectivity index (χ4n) is 6.68. The Bertz CT molecular complexity index is 1510. The van der Waals surface area contributed by atoms with Crippen molar-refractivity contribution in [2.45, 2.75) is 57.6 Å². The number of nitrogens with zero attached hydrogens (tertiary/aromatic N) is 5. The summed E-state index contributed by atoms with van der Waals surface area (Å²) >= 11 is 6.71. The Kier molecular flexibility index (Phi) is 7.59. The Labute approximate surface area is 243 Å². The molecule has 1 saturated heterocycles. The van der Waals surface area contributed by atoms with Crippen LogP contribution in [0.5, 0.6) is 5.75 Å². The van der Waals surface area contributed by atoms with Gasteiger partial charge in [0.1, 0.15) is 17.9 Å². The normalized spacial score (nSPS) is 22.7. The molecule has 11 heteroatoms. The first-order valence-electron chi connectivity index (χ1n) is 14.3. The van der Waals surface area contributed by atoms with Crippen LogP contribution in [0.4, 0.5) is 0 Å². The number of halogens is 1. The molecule has 4 heterocycles. The minimum Gasteiger partial charge on any atom is -0.487 e. The van der Waals surface area contributed by atoms with E-state index in [-0.39, 0.29) is 18.4 Å². The van der Waals surface area contributed by atoms with Crippen LogP contribution in [-0.4, -0.2) is 66.9 Å². The van der Waals surface area contributed by atoms with Gasteiger partial charge in [-0.25, -0.2) is 9.97 Å². The zero-order valence-electron chi connectivity index (χ0n) is 23.1. The summed E-state index contributed by atoms with van der Waals surface area (Å²) in [5.74, 6) is -1.72. The number of carbonyl (C=O) groups is 3. The van der Waals surface area contributed by atoms with Crippen LogP contribution in [0.2, 0.25) is 5.02 Å². The zero-order valence-corrected chi connectivity index (χ0v) is 23.8. The van der Waals surface area contributed by atoms with Gasteiger partial charge in [0, 0.05) is 43.7 Å². The van der Waals surface area contributed by atoms with E-state index in [0.717, 1.165) is 47.2 Å². The second-order valence-electron chi connectivity index (χ2n) is 11.3. The highest BCUT2D eigenvalue weighted by Gasteiger charge is 2.43. The average molecular weight is 580 g/mol. The van der Waals surface area contributed by atoms with Crippen LogP contribution in [0.1, 0.15) is 61.4 Å². The van der Waals surface area contributed by atoms with E-state index >= 15 is 0 Å². The van der Waals surface area contributed by atoms with Gasteiger partial charge in [-0.1, -0.05) is 24.4 Å².